The molecule has 0 saturated carbocycles. The first-order valence-corrected chi connectivity index (χ1v) is 28.1. The Morgan fingerprint density at radius 2 is 0.694 bits per heavy atom. The summed E-state index contributed by atoms with van der Waals surface area (Å²) in [7, 11) is 0. The van der Waals surface area contributed by atoms with Crippen LogP contribution < -0.4 is 5.32 Å². The maximum Gasteiger partial charge on any atom is 0.222 e. The van der Waals surface area contributed by atoms with Crippen LogP contribution >= 0.6 is 0 Å². The average Bonchev–Trinajstić information content (AvgIpc) is 3.27. The van der Waals surface area contributed by atoms with Gasteiger partial charge in [0.2, 0.25) is 5.91 Å². The Morgan fingerprint density at radius 1 is 0.403 bits per heavy atom. The summed E-state index contributed by atoms with van der Waals surface area (Å²) < 4.78 is 0. The fourth-order valence-corrected chi connectivity index (χ4v) is 8.97. The average molecular weight is 875 g/mol. The standard InChI is InChI=1S/C57H111NO4/c1-3-5-7-9-11-13-15-17-19-21-23-25-26-27-28-29-30-31-32-34-36-38-40-42-44-46-48-50-54(60)52-57(62)58-55(53-59)56(61)51-49-47-45-43-41-39-37-35-33-24-22-20-18-16-14-12-10-8-6-4-2/h23,25,27-28,54-56,59-61H,3-22,24,26,29-53H2,1-2H3,(H,58,62)/b25-23-,28-27-. The van der Waals surface area contributed by atoms with Crippen molar-refractivity contribution in [3.05, 3.63) is 24.3 Å². The molecule has 3 atom stereocenters. The number of nitrogens with one attached hydrogen (secondary N) is 1. The van der Waals surface area contributed by atoms with E-state index in [1.807, 2.05) is 0 Å². The lowest BCUT2D eigenvalue weighted by Gasteiger charge is -2.23. The molecule has 0 aromatic rings. The zero-order valence-electron chi connectivity index (χ0n) is 42.0. The molecule has 0 rings (SSSR count). The molecule has 0 spiro atoms. The first-order valence-electron chi connectivity index (χ1n) is 28.1. The predicted molar refractivity (Wildman–Crippen MR) is 273 cm³/mol. The number of hydrogen-bond acceptors (Lipinski definition) is 4. The zero-order valence-corrected chi connectivity index (χ0v) is 42.0. The molecule has 0 fully saturated rings. The highest BCUT2D eigenvalue weighted by molar-refractivity contribution is 5.76. The van der Waals surface area contributed by atoms with Gasteiger partial charge >= 0.3 is 0 Å². The van der Waals surface area contributed by atoms with Gasteiger partial charge in [0.15, 0.2) is 0 Å². The first-order chi connectivity index (χ1) is 30.5. The minimum Gasteiger partial charge on any atom is -0.394 e. The van der Waals surface area contributed by atoms with Crippen LogP contribution in [0.15, 0.2) is 24.3 Å². The summed E-state index contributed by atoms with van der Waals surface area (Å²) in [5, 5.41) is 33.6. The van der Waals surface area contributed by atoms with E-state index in [9.17, 15) is 20.1 Å². The third-order valence-electron chi connectivity index (χ3n) is 13.3. The van der Waals surface area contributed by atoms with Gasteiger partial charge in [-0.3, -0.25) is 4.79 Å². The minimum atomic E-state index is -0.749. The largest absolute Gasteiger partial charge is 0.394 e. The summed E-state index contributed by atoms with van der Waals surface area (Å²) in [6.45, 7) is 4.30. The highest BCUT2D eigenvalue weighted by atomic mass is 16.3. The van der Waals surface area contributed by atoms with Crippen LogP contribution in [-0.2, 0) is 4.79 Å². The molecule has 5 heteroatoms. The van der Waals surface area contributed by atoms with E-state index < -0.39 is 18.2 Å². The molecule has 0 aromatic heterocycles. The summed E-state index contributed by atoms with van der Waals surface area (Å²) in [6.07, 6.45) is 66.1. The van der Waals surface area contributed by atoms with E-state index in [1.165, 1.54) is 244 Å². The number of rotatable bonds is 52. The quantitative estimate of drug-likeness (QED) is 0.0362. The second-order valence-corrected chi connectivity index (χ2v) is 19.6. The van der Waals surface area contributed by atoms with Crippen molar-refractivity contribution in [2.45, 2.75) is 327 Å². The number of aliphatic hydroxyl groups is 3. The minimum absolute atomic E-state index is 0.0373. The number of allylic oxidation sites excluding steroid dienone is 4. The first kappa shape index (κ1) is 60.8. The van der Waals surface area contributed by atoms with E-state index in [4.69, 9.17) is 0 Å². The summed E-state index contributed by atoms with van der Waals surface area (Å²) >= 11 is 0. The smallest absolute Gasteiger partial charge is 0.222 e. The Bertz CT molecular complexity index is 920. The van der Waals surface area contributed by atoms with Crippen molar-refractivity contribution in [3.8, 4) is 0 Å². The van der Waals surface area contributed by atoms with E-state index in [0.29, 0.717) is 12.8 Å². The fourth-order valence-electron chi connectivity index (χ4n) is 8.97. The Kier molecular flexibility index (Phi) is 51.5. The number of carbonyl (C=O) groups is 1. The lowest BCUT2D eigenvalue weighted by atomic mass is 10.0. The molecule has 0 heterocycles. The molecular weight excluding hydrogens is 763 g/mol. The summed E-state index contributed by atoms with van der Waals surface area (Å²) in [6, 6.07) is -0.659. The third kappa shape index (κ3) is 48.3. The van der Waals surface area contributed by atoms with Gasteiger partial charge in [-0.15, -0.1) is 0 Å². The summed E-state index contributed by atoms with van der Waals surface area (Å²) in [5.74, 6) is -0.280. The van der Waals surface area contributed by atoms with Crippen LogP contribution in [0.1, 0.15) is 309 Å². The van der Waals surface area contributed by atoms with Gasteiger partial charge in [0.25, 0.3) is 0 Å². The Balaban J connectivity index is 3.53. The molecule has 0 aliphatic carbocycles. The molecule has 0 aliphatic rings. The Labute approximate surface area is 388 Å². The fraction of sp³-hybridized carbons (Fsp3) is 0.912. The van der Waals surface area contributed by atoms with Gasteiger partial charge < -0.3 is 20.6 Å². The van der Waals surface area contributed by atoms with Gasteiger partial charge in [-0.2, -0.15) is 0 Å². The molecule has 0 aromatic carbocycles. The van der Waals surface area contributed by atoms with Gasteiger partial charge in [-0.25, -0.2) is 0 Å². The van der Waals surface area contributed by atoms with Crippen molar-refractivity contribution >= 4 is 5.91 Å². The van der Waals surface area contributed by atoms with Crippen molar-refractivity contribution in [2.75, 3.05) is 6.61 Å². The maximum atomic E-state index is 12.5. The molecule has 1 amide bonds. The lowest BCUT2D eigenvalue weighted by molar-refractivity contribution is -0.125. The molecule has 0 aliphatic heterocycles. The van der Waals surface area contributed by atoms with Crippen molar-refractivity contribution in [1.82, 2.24) is 5.32 Å². The molecule has 5 nitrogen and oxygen atoms in total. The maximum absolute atomic E-state index is 12.5. The van der Waals surface area contributed by atoms with E-state index in [0.717, 1.165) is 32.1 Å². The predicted octanol–water partition coefficient (Wildman–Crippen LogP) is 17.3. The molecule has 0 radical (unpaired) electrons. The van der Waals surface area contributed by atoms with Gasteiger partial charge in [0, 0.05) is 0 Å². The molecule has 0 bridgehead atoms. The van der Waals surface area contributed by atoms with Gasteiger partial charge in [0.1, 0.15) is 0 Å². The summed E-state index contributed by atoms with van der Waals surface area (Å²) in [5.41, 5.74) is 0. The van der Waals surface area contributed by atoms with E-state index >= 15 is 0 Å². The normalized spacial score (nSPS) is 13.4. The van der Waals surface area contributed by atoms with Crippen LogP contribution in [0.4, 0.5) is 0 Å². The SMILES string of the molecule is CCCCCCCCCCC/C=C\C/C=C\CCCCCCCCCCCCCC(O)CC(=O)NC(CO)C(O)CCCCCCCCCCCCCCCCCCCCCC. The van der Waals surface area contributed by atoms with Crippen LogP contribution in [0, 0.1) is 0 Å². The molecular formula is C57H111NO4. The van der Waals surface area contributed by atoms with Crippen LogP contribution in [0.5, 0.6) is 0 Å². The van der Waals surface area contributed by atoms with Gasteiger partial charge in [-0.05, 0) is 44.9 Å². The van der Waals surface area contributed by atoms with E-state index in [2.05, 4.69) is 43.5 Å². The molecule has 0 saturated heterocycles. The van der Waals surface area contributed by atoms with Crippen LogP contribution in [0.25, 0.3) is 0 Å². The number of unbranched alkanes of at least 4 members (excludes halogenated alkanes) is 39. The third-order valence-corrected chi connectivity index (χ3v) is 13.3. The second-order valence-electron chi connectivity index (χ2n) is 19.6. The molecule has 3 unspecified atom stereocenters. The van der Waals surface area contributed by atoms with Crippen LogP contribution in [0.3, 0.4) is 0 Å². The number of aliphatic hydroxyl groups excluding tert-OH is 3. The van der Waals surface area contributed by atoms with Crippen LogP contribution in [-0.4, -0.2) is 46.1 Å². The molecule has 62 heavy (non-hydrogen) atoms. The van der Waals surface area contributed by atoms with E-state index in [1.54, 1.807) is 0 Å². The summed E-state index contributed by atoms with van der Waals surface area (Å²) in [4.78, 5) is 12.5. The van der Waals surface area contributed by atoms with Gasteiger partial charge in [0.05, 0.1) is 31.3 Å². The van der Waals surface area contributed by atoms with E-state index in [-0.39, 0.29) is 18.9 Å². The molecule has 4 N–H and O–H groups in total. The number of amides is 1. The van der Waals surface area contributed by atoms with Crippen molar-refractivity contribution in [2.24, 2.45) is 0 Å². The zero-order chi connectivity index (χ0) is 45.1. The molecule has 368 valence electrons. The lowest BCUT2D eigenvalue weighted by Crippen LogP contribution is -2.46. The van der Waals surface area contributed by atoms with Crippen LogP contribution in [0.2, 0.25) is 0 Å². The topological polar surface area (TPSA) is 89.8 Å². The van der Waals surface area contributed by atoms with Gasteiger partial charge in [-0.1, -0.05) is 282 Å². The second kappa shape index (κ2) is 52.5. The van der Waals surface area contributed by atoms with Crippen molar-refractivity contribution in [3.63, 3.8) is 0 Å². The van der Waals surface area contributed by atoms with Crippen molar-refractivity contribution < 1.29 is 20.1 Å². The number of carbonyl (C=O) groups excluding carboxylic acids is 1. The number of hydrogen-bond donors (Lipinski definition) is 4. The Morgan fingerprint density at radius 3 is 1.02 bits per heavy atom. The highest BCUT2D eigenvalue weighted by Gasteiger charge is 2.21. The Hall–Kier alpha value is -1.17. The monoisotopic (exact) mass is 874 g/mol. The highest BCUT2D eigenvalue weighted by Crippen LogP contribution is 2.18. The van der Waals surface area contributed by atoms with Crippen molar-refractivity contribution in [1.29, 1.82) is 0 Å².